The fraction of sp³-hybridized carbons (Fsp3) is 0.273. The van der Waals surface area contributed by atoms with Crippen molar-refractivity contribution in [3.8, 4) is 17.2 Å². The van der Waals surface area contributed by atoms with Crippen LogP contribution in [-0.4, -0.2) is 32.6 Å². The third-order valence-electron chi connectivity index (χ3n) is 4.81. The van der Waals surface area contributed by atoms with Crippen LogP contribution in [0.2, 0.25) is 0 Å². The van der Waals surface area contributed by atoms with E-state index in [4.69, 9.17) is 23.5 Å². The van der Waals surface area contributed by atoms with E-state index in [1.807, 2.05) is 37.3 Å². The summed E-state index contributed by atoms with van der Waals surface area (Å²) in [5.41, 5.74) is 2.64. The minimum absolute atomic E-state index is 0.225. The molecule has 0 amide bonds. The number of methoxy groups -OCH3 is 2. The van der Waals surface area contributed by atoms with Crippen LogP contribution in [0.15, 0.2) is 56.8 Å². The van der Waals surface area contributed by atoms with Gasteiger partial charge in [0, 0.05) is 35.6 Å². The Hall–Kier alpha value is -3.48. The lowest BCUT2D eigenvalue weighted by atomic mass is 10.0. The van der Waals surface area contributed by atoms with Gasteiger partial charge in [-0.05, 0) is 36.8 Å². The van der Waals surface area contributed by atoms with Crippen molar-refractivity contribution in [2.45, 2.75) is 19.4 Å². The van der Waals surface area contributed by atoms with Crippen LogP contribution in [0.3, 0.4) is 0 Å². The number of rotatable bonds is 6. The van der Waals surface area contributed by atoms with Crippen LogP contribution >= 0.6 is 0 Å². The minimum Gasteiger partial charge on any atom is -0.497 e. The van der Waals surface area contributed by atoms with E-state index in [0.29, 0.717) is 35.9 Å². The SMILES string of the molecule is COc1ccc(C2=NO[C@@H](COc3ccc4c(C)cc(=O)oc4c3)C2)c(OC)c1. The predicted molar refractivity (Wildman–Crippen MR) is 108 cm³/mol. The second-order valence-electron chi connectivity index (χ2n) is 6.75. The van der Waals surface area contributed by atoms with Crippen molar-refractivity contribution in [2.75, 3.05) is 20.8 Å². The molecular formula is C22H21NO6. The van der Waals surface area contributed by atoms with Gasteiger partial charge in [-0.1, -0.05) is 5.16 Å². The highest BCUT2D eigenvalue weighted by molar-refractivity contribution is 6.03. The van der Waals surface area contributed by atoms with E-state index in [1.165, 1.54) is 6.07 Å². The molecule has 2 heterocycles. The van der Waals surface area contributed by atoms with Gasteiger partial charge in [-0.3, -0.25) is 0 Å². The smallest absolute Gasteiger partial charge is 0.336 e. The Morgan fingerprint density at radius 2 is 1.90 bits per heavy atom. The van der Waals surface area contributed by atoms with Crippen LogP contribution in [0.4, 0.5) is 0 Å². The van der Waals surface area contributed by atoms with Gasteiger partial charge >= 0.3 is 5.63 Å². The Balaban J connectivity index is 1.43. The number of aryl methyl sites for hydroxylation is 1. The van der Waals surface area contributed by atoms with Gasteiger partial charge in [0.05, 0.1) is 19.9 Å². The zero-order chi connectivity index (χ0) is 20.4. The second kappa shape index (κ2) is 7.87. The average Bonchev–Trinajstić information content (AvgIpc) is 3.20. The van der Waals surface area contributed by atoms with Gasteiger partial charge < -0.3 is 23.5 Å². The topological polar surface area (TPSA) is 79.5 Å². The van der Waals surface area contributed by atoms with Gasteiger partial charge in [0.15, 0.2) is 6.10 Å². The molecule has 29 heavy (non-hydrogen) atoms. The first-order valence-corrected chi connectivity index (χ1v) is 9.20. The average molecular weight is 395 g/mol. The van der Waals surface area contributed by atoms with Crippen LogP contribution < -0.4 is 19.8 Å². The van der Waals surface area contributed by atoms with Crippen molar-refractivity contribution in [1.29, 1.82) is 0 Å². The maximum Gasteiger partial charge on any atom is 0.336 e. The lowest BCUT2D eigenvalue weighted by Crippen LogP contribution is -2.18. The number of oxime groups is 1. The molecule has 0 saturated carbocycles. The normalized spacial score (nSPS) is 15.7. The molecule has 0 saturated heterocycles. The Labute approximate surface area is 167 Å². The van der Waals surface area contributed by atoms with Crippen LogP contribution in [-0.2, 0) is 4.84 Å². The van der Waals surface area contributed by atoms with Gasteiger partial charge in [0.2, 0.25) is 0 Å². The fourth-order valence-corrected chi connectivity index (χ4v) is 3.30. The molecule has 0 N–H and O–H groups in total. The third-order valence-corrected chi connectivity index (χ3v) is 4.81. The van der Waals surface area contributed by atoms with E-state index in [1.54, 1.807) is 20.3 Å². The summed E-state index contributed by atoms with van der Waals surface area (Å²) >= 11 is 0. The molecule has 0 bridgehead atoms. The van der Waals surface area contributed by atoms with E-state index in [2.05, 4.69) is 5.16 Å². The largest absolute Gasteiger partial charge is 0.497 e. The minimum atomic E-state index is -0.377. The van der Waals surface area contributed by atoms with Crippen LogP contribution in [0, 0.1) is 6.92 Å². The number of fused-ring (bicyclic) bond motifs is 1. The molecule has 0 spiro atoms. The van der Waals surface area contributed by atoms with E-state index in [0.717, 1.165) is 22.2 Å². The zero-order valence-electron chi connectivity index (χ0n) is 16.4. The zero-order valence-corrected chi connectivity index (χ0v) is 16.4. The highest BCUT2D eigenvalue weighted by Gasteiger charge is 2.25. The highest BCUT2D eigenvalue weighted by Crippen LogP contribution is 2.29. The van der Waals surface area contributed by atoms with Crippen molar-refractivity contribution in [3.05, 3.63) is 64.0 Å². The summed E-state index contributed by atoms with van der Waals surface area (Å²) in [6, 6.07) is 12.5. The summed E-state index contributed by atoms with van der Waals surface area (Å²) in [7, 11) is 3.21. The molecule has 1 aliphatic rings. The first-order chi connectivity index (χ1) is 14.1. The van der Waals surface area contributed by atoms with E-state index < -0.39 is 0 Å². The molecule has 2 aromatic carbocycles. The Kier molecular flexibility index (Phi) is 5.12. The first kappa shape index (κ1) is 18.9. The predicted octanol–water partition coefficient (Wildman–Crippen LogP) is 3.69. The Morgan fingerprint density at radius 1 is 1.07 bits per heavy atom. The molecule has 3 aromatic rings. The standard InChI is InChI=1S/C22H21NO6/c1-13-8-22(24)28-21-11-15(5-6-17(13)21)27-12-16-9-19(23-29-16)18-7-4-14(25-2)10-20(18)26-3/h4-8,10-11,16H,9,12H2,1-3H3/t16-/m1/s1. The summed E-state index contributed by atoms with van der Waals surface area (Å²) in [5.74, 6) is 1.99. The van der Waals surface area contributed by atoms with E-state index >= 15 is 0 Å². The number of hydrogen-bond acceptors (Lipinski definition) is 7. The molecule has 0 aliphatic carbocycles. The highest BCUT2D eigenvalue weighted by atomic mass is 16.7. The van der Waals surface area contributed by atoms with Gasteiger partial charge in [0.25, 0.3) is 0 Å². The van der Waals surface area contributed by atoms with Crippen LogP contribution in [0.25, 0.3) is 11.0 Å². The molecule has 7 nitrogen and oxygen atoms in total. The molecule has 1 aliphatic heterocycles. The van der Waals surface area contributed by atoms with Crippen molar-refractivity contribution >= 4 is 16.7 Å². The third kappa shape index (κ3) is 3.89. The molecule has 4 rings (SSSR count). The number of ether oxygens (including phenoxy) is 3. The molecule has 7 heteroatoms. The monoisotopic (exact) mass is 395 g/mol. The maximum absolute atomic E-state index is 11.6. The Bertz CT molecular complexity index is 1130. The quantitative estimate of drug-likeness (QED) is 0.592. The van der Waals surface area contributed by atoms with Crippen molar-refractivity contribution in [1.82, 2.24) is 0 Å². The van der Waals surface area contributed by atoms with Crippen LogP contribution in [0.5, 0.6) is 17.2 Å². The summed E-state index contributed by atoms with van der Waals surface area (Å²) in [4.78, 5) is 17.1. The molecule has 150 valence electrons. The van der Waals surface area contributed by atoms with Crippen molar-refractivity contribution in [2.24, 2.45) is 5.16 Å². The molecule has 1 aromatic heterocycles. The number of hydrogen-bond donors (Lipinski definition) is 0. The lowest BCUT2D eigenvalue weighted by molar-refractivity contribution is 0.0471. The van der Waals surface area contributed by atoms with Gasteiger partial charge in [-0.2, -0.15) is 0 Å². The lowest BCUT2D eigenvalue weighted by Gasteiger charge is -2.12. The maximum atomic E-state index is 11.6. The molecule has 1 atom stereocenters. The molecule has 0 fully saturated rings. The Morgan fingerprint density at radius 3 is 2.69 bits per heavy atom. The van der Waals surface area contributed by atoms with Gasteiger partial charge in [-0.25, -0.2) is 4.79 Å². The molecule has 0 radical (unpaired) electrons. The van der Waals surface area contributed by atoms with E-state index in [9.17, 15) is 4.79 Å². The van der Waals surface area contributed by atoms with Gasteiger partial charge in [-0.15, -0.1) is 0 Å². The summed E-state index contributed by atoms with van der Waals surface area (Å²) in [6.07, 6.45) is 0.363. The van der Waals surface area contributed by atoms with E-state index in [-0.39, 0.29) is 11.7 Å². The first-order valence-electron chi connectivity index (χ1n) is 9.20. The van der Waals surface area contributed by atoms with Gasteiger partial charge in [0.1, 0.15) is 29.4 Å². The van der Waals surface area contributed by atoms with Crippen molar-refractivity contribution < 1.29 is 23.5 Å². The fourth-order valence-electron chi connectivity index (χ4n) is 3.30. The second-order valence-corrected chi connectivity index (χ2v) is 6.75. The molecule has 0 unspecified atom stereocenters. The number of nitrogens with zero attached hydrogens (tertiary/aromatic N) is 1. The summed E-state index contributed by atoms with van der Waals surface area (Å²) in [5, 5.41) is 5.07. The van der Waals surface area contributed by atoms with Crippen LogP contribution in [0.1, 0.15) is 17.5 Å². The summed E-state index contributed by atoms with van der Waals surface area (Å²) < 4.78 is 21.8. The molecular weight excluding hydrogens is 374 g/mol. The van der Waals surface area contributed by atoms with Crippen molar-refractivity contribution in [3.63, 3.8) is 0 Å². The number of benzene rings is 2. The summed E-state index contributed by atoms with van der Waals surface area (Å²) in [6.45, 7) is 2.19.